The molecule has 0 saturated carbocycles. The van der Waals surface area contributed by atoms with Crippen molar-refractivity contribution in [2.24, 2.45) is 0 Å². The van der Waals surface area contributed by atoms with Crippen molar-refractivity contribution in [3.63, 3.8) is 0 Å². The van der Waals surface area contributed by atoms with Gasteiger partial charge in [-0.15, -0.1) is 11.3 Å². The first-order valence-corrected chi connectivity index (χ1v) is 13.1. The minimum atomic E-state index is -1.08. The monoisotopic (exact) mass is 857 g/mol. The zero-order valence-electron chi connectivity index (χ0n) is 14.6. The lowest BCUT2D eigenvalue weighted by atomic mass is 10.0. The minimum Gasteiger partial charge on any atom is -0.496 e. The van der Waals surface area contributed by atoms with Gasteiger partial charge in [-0.05, 0) is 114 Å². The van der Waals surface area contributed by atoms with Crippen LogP contribution in [0.1, 0.15) is 20.7 Å². The van der Waals surface area contributed by atoms with Gasteiger partial charge >= 0.3 is 5.97 Å². The molecule has 0 saturated heterocycles. The summed E-state index contributed by atoms with van der Waals surface area (Å²) in [4.78, 5) is 25.0. The van der Waals surface area contributed by atoms with Crippen LogP contribution in [0, 0.1) is 14.3 Å². The number of methoxy groups -OCH3 is 1. The lowest BCUT2D eigenvalue weighted by Gasteiger charge is -2.13. The number of nitrogens with one attached hydrogen (secondary N) is 1. The molecule has 0 aliphatic rings. The summed E-state index contributed by atoms with van der Waals surface area (Å²) >= 11 is 9.72. The maximum absolute atomic E-state index is 13.0. The Kier molecular flexibility index (Phi) is 8.05. The minimum absolute atomic E-state index is 0.0959. The summed E-state index contributed by atoms with van der Waals surface area (Å²) in [5, 5.41) is 14.7. The summed E-state index contributed by atoms with van der Waals surface area (Å²) in [6.07, 6.45) is 0. The lowest BCUT2D eigenvalue weighted by molar-refractivity contribution is 0.0699. The molecule has 3 rings (SSSR count). The molecular weight excluding hydrogens is 846 g/mol. The van der Waals surface area contributed by atoms with E-state index in [0.717, 1.165) is 19.8 Å². The van der Waals surface area contributed by atoms with Gasteiger partial charge in [0.1, 0.15) is 16.3 Å². The fourth-order valence-electron chi connectivity index (χ4n) is 2.63. The van der Waals surface area contributed by atoms with E-state index in [1.54, 1.807) is 18.6 Å². The van der Waals surface area contributed by atoms with Crippen molar-refractivity contribution in [3.8, 4) is 16.9 Å². The molecule has 1 amide bonds. The van der Waals surface area contributed by atoms with Gasteiger partial charge in [0.05, 0.1) is 16.2 Å². The fraction of sp³-hybridized carbons (Fsp3) is 0.0526. The number of carbonyl (C=O) groups excluding carboxylic acids is 1. The Labute approximate surface area is 225 Å². The first-order chi connectivity index (χ1) is 13.7. The Morgan fingerprint density at radius 3 is 2.41 bits per heavy atom. The molecule has 5 nitrogen and oxygen atoms in total. The SMILES string of the molecule is COc1cc(I)c(C(=O)Nc2scc(-c3cccc(I)c3)c2C(=O)O)c(I)c1I. The molecule has 0 aliphatic carbocycles. The molecule has 1 heterocycles. The predicted octanol–water partition coefficient (Wildman–Crippen LogP) is 6.79. The second-order valence-corrected chi connectivity index (χ2v) is 11.1. The maximum atomic E-state index is 13.0. The van der Waals surface area contributed by atoms with Crippen LogP contribution in [-0.2, 0) is 0 Å². The van der Waals surface area contributed by atoms with E-state index in [0.29, 0.717) is 21.9 Å². The average molecular weight is 857 g/mol. The molecule has 0 bridgehead atoms. The van der Waals surface area contributed by atoms with Crippen molar-refractivity contribution in [1.82, 2.24) is 0 Å². The number of thiophene rings is 1. The number of amides is 1. The number of carboxylic acids is 1. The highest BCUT2D eigenvalue weighted by Gasteiger charge is 2.25. The number of benzene rings is 2. The summed E-state index contributed by atoms with van der Waals surface area (Å²) in [7, 11) is 1.58. The quantitative estimate of drug-likeness (QED) is 0.219. The van der Waals surface area contributed by atoms with Crippen LogP contribution in [-0.4, -0.2) is 24.1 Å². The molecule has 0 aliphatic heterocycles. The molecular formula is C19H11I4NO4S. The van der Waals surface area contributed by atoms with Crippen LogP contribution in [0.4, 0.5) is 5.00 Å². The molecule has 2 aromatic carbocycles. The van der Waals surface area contributed by atoms with Crippen molar-refractivity contribution in [3.05, 3.63) is 61.1 Å². The Morgan fingerprint density at radius 1 is 1.07 bits per heavy atom. The third-order valence-corrected chi connectivity index (χ3v) is 9.54. The molecule has 29 heavy (non-hydrogen) atoms. The topological polar surface area (TPSA) is 75.6 Å². The largest absolute Gasteiger partial charge is 0.496 e. The molecule has 10 heteroatoms. The Morgan fingerprint density at radius 2 is 1.79 bits per heavy atom. The zero-order chi connectivity index (χ0) is 21.3. The standard InChI is InChI=1S/C19H11I4NO4S/c1-28-12-6-11(21)14(16(23)15(12)22)17(25)24-18-13(19(26)27)10(7-29-18)8-3-2-4-9(20)5-8/h2-7H,1H3,(H,24,25)(H,26,27). The van der Waals surface area contributed by atoms with E-state index in [1.807, 2.05) is 24.3 Å². The second-order valence-electron chi connectivity index (χ2n) is 5.69. The van der Waals surface area contributed by atoms with Crippen LogP contribution in [0.15, 0.2) is 35.7 Å². The van der Waals surface area contributed by atoms with Crippen molar-refractivity contribution in [2.75, 3.05) is 12.4 Å². The van der Waals surface area contributed by atoms with Crippen molar-refractivity contribution in [2.45, 2.75) is 0 Å². The van der Waals surface area contributed by atoms with Crippen LogP contribution in [0.25, 0.3) is 11.1 Å². The third-order valence-electron chi connectivity index (χ3n) is 3.94. The maximum Gasteiger partial charge on any atom is 0.339 e. The van der Waals surface area contributed by atoms with Gasteiger partial charge in [-0.3, -0.25) is 4.79 Å². The van der Waals surface area contributed by atoms with Gasteiger partial charge in [0.2, 0.25) is 0 Å². The summed E-state index contributed by atoms with van der Waals surface area (Å²) in [5.41, 5.74) is 1.98. The zero-order valence-corrected chi connectivity index (χ0v) is 24.0. The van der Waals surface area contributed by atoms with Crippen molar-refractivity contribution >= 4 is 119 Å². The summed E-state index contributed by atoms with van der Waals surface area (Å²) < 4.78 is 8.68. The van der Waals surface area contributed by atoms with Gasteiger partial charge in [-0.25, -0.2) is 4.79 Å². The number of carbonyl (C=O) groups is 2. The van der Waals surface area contributed by atoms with E-state index in [9.17, 15) is 14.7 Å². The number of halogens is 4. The van der Waals surface area contributed by atoms with Gasteiger partial charge < -0.3 is 15.2 Å². The molecule has 0 atom stereocenters. The Bertz CT molecular complexity index is 1130. The smallest absolute Gasteiger partial charge is 0.339 e. The molecule has 150 valence electrons. The van der Waals surface area contributed by atoms with E-state index in [4.69, 9.17) is 4.74 Å². The van der Waals surface area contributed by atoms with Crippen LogP contribution < -0.4 is 10.1 Å². The second kappa shape index (κ2) is 9.95. The number of rotatable bonds is 5. The van der Waals surface area contributed by atoms with Crippen LogP contribution >= 0.6 is 102 Å². The lowest BCUT2D eigenvalue weighted by Crippen LogP contribution is -2.17. The average Bonchev–Trinajstić information content (AvgIpc) is 3.08. The highest BCUT2D eigenvalue weighted by atomic mass is 127. The molecule has 2 N–H and O–H groups in total. The normalized spacial score (nSPS) is 10.7. The van der Waals surface area contributed by atoms with Crippen molar-refractivity contribution < 1.29 is 19.4 Å². The highest BCUT2D eigenvalue weighted by Crippen LogP contribution is 2.38. The van der Waals surface area contributed by atoms with Crippen molar-refractivity contribution in [1.29, 1.82) is 0 Å². The van der Waals surface area contributed by atoms with E-state index in [-0.39, 0.29) is 11.5 Å². The van der Waals surface area contributed by atoms with E-state index in [2.05, 4.69) is 95.7 Å². The number of hydrogen-bond donors (Lipinski definition) is 2. The van der Waals surface area contributed by atoms with Gasteiger partial charge in [0.25, 0.3) is 5.91 Å². The molecule has 0 radical (unpaired) electrons. The molecule has 1 aromatic heterocycles. The van der Waals surface area contributed by atoms with Gasteiger partial charge in [0, 0.05) is 21.7 Å². The van der Waals surface area contributed by atoms with Gasteiger partial charge in [-0.1, -0.05) is 12.1 Å². The van der Waals surface area contributed by atoms with E-state index < -0.39 is 5.97 Å². The van der Waals surface area contributed by atoms with E-state index in [1.165, 1.54) is 11.3 Å². The van der Waals surface area contributed by atoms with Gasteiger partial charge in [0.15, 0.2) is 0 Å². The Hall–Kier alpha value is -0.200. The highest BCUT2D eigenvalue weighted by molar-refractivity contribution is 14.1. The number of carboxylic acid groups (broad SMARTS) is 1. The number of anilines is 1. The van der Waals surface area contributed by atoms with Crippen LogP contribution in [0.5, 0.6) is 5.75 Å². The number of hydrogen-bond acceptors (Lipinski definition) is 4. The first-order valence-electron chi connectivity index (χ1n) is 7.88. The third kappa shape index (κ3) is 5.01. The fourth-order valence-corrected chi connectivity index (χ4v) is 6.89. The molecule has 0 spiro atoms. The van der Waals surface area contributed by atoms with E-state index >= 15 is 0 Å². The van der Waals surface area contributed by atoms with Crippen LogP contribution in [0.3, 0.4) is 0 Å². The summed E-state index contributed by atoms with van der Waals surface area (Å²) in [6.45, 7) is 0. The first kappa shape index (κ1) is 23.5. The molecule has 3 aromatic rings. The van der Waals surface area contributed by atoms with Gasteiger partial charge in [-0.2, -0.15) is 0 Å². The molecule has 0 fully saturated rings. The summed E-state index contributed by atoms with van der Waals surface area (Å²) in [5.74, 6) is -0.735. The summed E-state index contributed by atoms with van der Waals surface area (Å²) in [6, 6.07) is 9.39. The number of ether oxygens (including phenoxy) is 1. The molecule has 0 unspecified atom stereocenters. The Balaban J connectivity index is 2.03. The predicted molar refractivity (Wildman–Crippen MR) is 149 cm³/mol. The van der Waals surface area contributed by atoms with Crippen LogP contribution in [0.2, 0.25) is 0 Å². The number of aromatic carboxylic acids is 1.